The summed E-state index contributed by atoms with van der Waals surface area (Å²) in [7, 11) is 0. The summed E-state index contributed by atoms with van der Waals surface area (Å²) in [5, 5.41) is 33.0. The number of benzene rings is 11. The molecule has 6 heteroatoms. The van der Waals surface area contributed by atoms with Gasteiger partial charge in [-0.25, -0.2) is 0 Å². The van der Waals surface area contributed by atoms with Crippen molar-refractivity contribution >= 4 is 87.2 Å². The average Bonchev–Trinajstić information content (AvgIpc) is 4.20. The highest BCUT2D eigenvalue weighted by atomic mass is 15.0. The molecular weight excluding hydrogens is 901 g/mol. The van der Waals surface area contributed by atoms with Crippen LogP contribution in [-0.4, -0.2) is 18.3 Å². The highest BCUT2D eigenvalue weighted by Gasteiger charge is 2.32. The van der Waals surface area contributed by atoms with Gasteiger partial charge in [-0.1, -0.05) is 158 Å². The Morgan fingerprint density at radius 1 is 0.243 bits per heavy atom. The van der Waals surface area contributed by atoms with E-state index in [1.165, 1.54) is 0 Å². The predicted molar refractivity (Wildman–Crippen MR) is 304 cm³/mol. The summed E-state index contributed by atoms with van der Waals surface area (Å²) in [6.07, 6.45) is 0. The fraction of sp³-hybridized carbons (Fsp3) is 0. The molecule has 0 bridgehead atoms. The van der Waals surface area contributed by atoms with Crippen molar-refractivity contribution in [1.82, 2.24) is 18.3 Å². The van der Waals surface area contributed by atoms with Crippen LogP contribution >= 0.6 is 0 Å². The molecule has 0 amide bonds. The van der Waals surface area contributed by atoms with Crippen molar-refractivity contribution in [2.75, 3.05) is 0 Å². The number of hydrogen-bond donors (Lipinski definition) is 0. The lowest BCUT2D eigenvalue weighted by atomic mass is 9.85. The largest absolute Gasteiger partial charge is 0.309 e. The van der Waals surface area contributed by atoms with E-state index >= 15 is 0 Å². The quantitative estimate of drug-likeness (QED) is 0.167. The van der Waals surface area contributed by atoms with Gasteiger partial charge in [0.25, 0.3) is 0 Å². The summed E-state index contributed by atoms with van der Waals surface area (Å²) >= 11 is 0. The van der Waals surface area contributed by atoms with E-state index in [-0.39, 0.29) is 0 Å². The Morgan fingerprint density at radius 2 is 0.514 bits per heavy atom. The zero-order valence-electron chi connectivity index (χ0n) is 39.8. The molecule has 0 fully saturated rings. The minimum Gasteiger partial charge on any atom is -0.309 e. The fourth-order valence-electron chi connectivity index (χ4n) is 12.2. The number of rotatable bonds is 6. The van der Waals surface area contributed by atoms with Gasteiger partial charge in [-0.15, -0.1) is 0 Å². The standard InChI is InChI=1S/C68H40N6/c69-41-55-65(43-35-37-63-53(39-43)51-27-11-13-29-57(51)71(63)45-19-3-1-4-20-45)68(74-61-33-17-9-25-49(61)50-26-10-18-34-62(50)74)66(56(42-70)67(55)73-59-31-15-7-23-47(59)48-24-8-16-32-60(48)73)44-36-38-64-54(40-44)52-28-12-14-30-58(52)72(64)46-21-5-2-6-22-46/h1-40H. The number of nitriles is 2. The van der Waals surface area contributed by atoms with E-state index in [9.17, 15) is 10.5 Å². The highest BCUT2D eigenvalue weighted by molar-refractivity contribution is 6.16. The molecule has 0 radical (unpaired) electrons. The van der Waals surface area contributed by atoms with Crippen LogP contribution in [-0.2, 0) is 0 Å². The fourth-order valence-corrected chi connectivity index (χ4v) is 12.2. The molecule has 0 saturated heterocycles. The van der Waals surface area contributed by atoms with Crippen molar-refractivity contribution in [1.29, 1.82) is 10.5 Å². The van der Waals surface area contributed by atoms with Crippen LogP contribution in [0.5, 0.6) is 0 Å². The summed E-state index contributed by atoms with van der Waals surface area (Å²) in [6, 6.07) is 90.7. The molecular formula is C68H40N6. The summed E-state index contributed by atoms with van der Waals surface area (Å²) in [6.45, 7) is 0. The monoisotopic (exact) mass is 940 g/mol. The van der Waals surface area contributed by atoms with Crippen LogP contribution < -0.4 is 0 Å². The molecule has 4 aromatic heterocycles. The molecule has 74 heavy (non-hydrogen) atoms. The predicted octanol–water partition coefficient (Wildman–Crippen LogP) is 17.2. The Hall–Kier alpha value is -10.4. The molecule has 342 valence electrons. The van der Waals surface area contributed by atoms with Crippen LogP contribution in [0, 0.1) is 22.7 Å². The minimum absolute atomic E-state index is 0.404. The second kappa shape index (κ2) is 16.1. The van der Waals surface area contributed by atoms with Gasteiger partial charge >= 0.3 is 0 Å². The number of fused-ring (bicyclic) bond motifs is 12. The van der Waals surface area contributed by atoms with Crippen LogP contribution in [0.2, 0.25) is 0 Å². The lowest BCUT2D eigenvalue weighted by Gasteiger charge is -2.25. The summed E-state index contributed by atoms with van der Waals surface area (Å²) in [5.41, 5.74) is 15.4. The van der Waals surface area contributed by atoms with Gasteiger partial charge in [0.2, 0.25) is 0 Å². The molecule has 0 aliphatic carbocycles. The first kappa shape index (κ1) is 41.4. The van der Waals surface area contributed by atoms with Crippen LogP contribution in [0.15, 0.2) is 243 Å². The molecule has 15 rings (SSSR count). The third-order valence-corrected chi connectivity index (χ3v) is 15.2. The summed E-state index contributed by atoms with van der Waals surface area (Å²) in [4.78, 5) is 0. The second-order valence-electron chi connectivity index (χ2n) is 19.0. The van der Waals surface area contributed by atoms with E-state index in [1.54, 1.807) is 0 Å². The normalized spacial score (nSPS) is 11.8. The molecule has 4 heterocycles. The molecule has 0 spiro atoms. The van der Waals surface area contributed by atoms with Crippen molar-refractivity contribution in [3.63, 3.8) is 0 Å². The molecule has 0 unspecified atom stereocenters. The molecule has 0 saturated carbocycles. The van der Waals surface area contributed by atoms with Gasteiger partial charge in [-0.05, 0) is 96.1 Å². The van der Waals surface area contributed by atoms with Crippen molar-refractivity contribution < 1.29 is 0 Å². The first-order valence-electron chi connectivity index (χ1n) is 24.9. The van der Waals surface area contributed by atoms with Crippen LogP contribution in [0.4, 0.5) is 0 Å². The topological polar surface area (TPSA) is 67.3 Å². The van der Waals surface area contributed by atoms with Gasteiger partial charge in [0.15, 0.2) is 0 Å². The molecule has 0 atom stereocenters. The number of hydrogen-bond acceptors (Lipinski definition) is 2. The highest BCUT2D eigenvalue weighted by Crippen LogP contribution is 2.50. The smallest absolute Gasteiger partial charge is 0.102 e. The maximum Gasteiger partial charge on any atom is 0.102 e. The van der Waals surface area contributed by atoms with Crippen molar-refractivity contribution in [3.8, 4) is 57.1 Å². The van der Waals surface area contributed by atoms with E-state index in [1.807, 2.05) is 24.3 Å². The van der Waals surface area contributed by atoms with Gasteiger partial charge in [0.1, 0.15) is 12.1 Å². The van der Waals surface area contributed by atoms with Crippen LogP contribution in [0.3, 0.4) is 0 Å². The maximum atomic E-state index is 12.3. The van der Waals surface area contributed by atoms with Crippen LogP contribution in [0.25, 0.3) is 132 Å². The van der Waals surface area contributed by atoms with Crippen molar-refractivity contribution in [2.45, 2.75) is 0 Å². The Labute approximate surface area is 424 Å². The van der Waals surface area contributed by atoms with E-state index in [2.05, 4.69) is 249 Å². The van der Waals surface area contributed by atoms with Crippen molar-refractivity contribution in [3.05, 3.63) is 254 Å². The lowest BCUT2D eigenvalue weighted by Crippen LogP contribution is -2.11. The first-order valence-corrected chi connectivity index (χ1v) is 24.9. The number of nitrogens with zero attached hydrogens (tertiary/aromatic N) is 6. The van der Waals surface area contributed by atoms with Gasteiger partial charge in [-0.2, -0.15) is 10.5 Å². The second-order valence-corrected chi connectivity index (χ2v) is 19.0. The molecule has 0 aliphatic heterocycles. The molecule has 0 N–H and O–H groups in total. The Balaban J connectivity index is 1.18. The molecule has 0 aliphatic rings. The van der Waals surface area contributed by atoms with Gasteiger partial charge < -0.3 is 18.3 Å². The Morgan fingerprint density at radius 3 is 0.851 bits per heavy atom. The third-order valence-electron chi connectivity index (χ3n) is 15.2. The van der Waals surface area contributed by atoms with Gasteiger partial charge in [0, 0.05) is 65.6 Å². The minimum atomic E-state index is 0.404. The zero-order chi connectivity index (χ0) is 49.0. The number of aromatic nitrogens is 4. The van der Waals surface area contributed by atoms with E-state index in [4.69, 9.17) is 0 Å². The molecule has 11 aromatic carbocycles. The number of para-hydroxylation sites is 8. The average molecular weight is 941 g/mol. The maximum absolute atomic E-state index is 12.3. The summed E-state index contributed by atoms with van der Waals surface area (Å²) < 4.78 is 9.14. The Kier molecular flexibility index (Phi) is 8.99. The Bertz CT molecular complexity index is 4610. The van der Waals surface area contributed by atoms with Crippen molar-refractivity contribution in [2.24, 2.45) is 0 Å². The lowest BCUT2D eigenvalue weighted by molar-refractivity contribution is 1.13. The zero-order valence-corrected chi connectivity index (χ0v) is 39.8. The van der Waals surface area contributed by atoms with E-state index in [0.717, 1.165) is 127 Å². The van der Waals surface area contributed by atoms with E-state index in [0.29, 0.717) is 16.8 Å². The first-order chi connectivity index (χ1) is 36.7. The van der Waals surface area contributed by atoms with Crippen LogP contribution in [0.1, 0.15) is 11.1 Å². The summed E-state index contributed by atoms with van der Waals surface area (Å²) in [5.74, 6) is 0. The van der Waals surface area contributed by atoms with Gasteiger partial charge in [0.05, 0.1) is 66.6 Å². The molecule has 15 aromatic rings. The third kappa shape index (κ3) is 5.79. The SMILES string of the molecule is N#Cc1c(-c2ccc3c(c2)c2ccccc2n3-c2ccccc2)c(-n2c3ccccc3c3ccccc32)c(-c2ccc3c(c2)c2ccccc2n3-c2ccccc2)c(C#N)c1-n1c2ccccc2c2ccccc21. The van der Waals surface area contributed by atoms with Gasteiger partial charge in [-0.3, -0.25) is 0 Å². The molecule has 6 nitrogen and oxygen atoms in total. The van der Waals surface area contributed by atoms with E-state index < -0.39 is 0 Å².